The van der Waals surface area contributed by atoms with Crippen molar-refractivity contribution in [1.29, 1.82) is 0 Å². The summed E-state index contributed by atoms with van der Waals surface area (Å²) in [6.45, 7) is 3.04. The topological polar surface area (TPSA) is 42.4 Å². The molecule has 0 bridgehead atoms. The van der Waals surface area contributed by atoms with E-state index in [1.165, 1.54) is 0 Å². The summed E-state index contributed by atoms with van der Waals surface area (Å²) in [5.41, 5.74) is 1.63. The van der Waals surface area contributed by atoms with Crippen molar-refractivity contribution in [3.63, 3.8) is 0 Å². The van der Waals surface area contributed by atoms with Gasteiger partial charge >= 0.3 is 0 Å². The first-order valence-corrected chi connectivity index (χ1v) is 6.58. The molecule has 0 saturated heterocycles. The Balaban J connectivity index is 2.08. The van der Waals surface area contributed by atoms with E-state index < -0.39 is 0 Å². The number of nitrogens with zero attached hydrogens (tertiary/aromatic N) is 2. The Hall–Kier alpha value is -2.36. The minimum atomic E-state index is -0.0320. The molecule has 1 aromatic heterocycles. The molecule has 0 atom stereocenters. The third-order valence-electron chi connectivity index (χ3n) is 2.88. The van der Waals surface area contributed by atoms with Crippen LogP contribution >= 0.6 is 0 Å². The van der Waals surface area contributed by atoms with Gasteiger partial charge in [0.2, 0.25) is 0 Å². The molecule has 1 aromatic carbocycles. The number of ether oxygens (including phenoxy) is 1. The van der Waals surface area contributed by atoms with E-state index >= 15 is 0 Å². The summed E-state index contributed by atoms with van der Waals surface area (Å²) >= 11 is 0. The summed E-state index contributed by atoms with van der Waals surface area (Å²) < 4.78 is 5.41. The summed E-state index contributed by atoms with van der Waals surface area (Å²) in [5.74, 6) is 0.684. The maximum absolute atomic E-state index is 12.4. The van der Waals surface area contributed by atoms with Crippen molar-refractivity contribution in [2.45, 2.75) is 13.5 Å². The minimum absolute atomic E-state index is 0.0320. The summed E-state index contributed by atoms with van der Waals surface area (Å²) in [5, 5.41) is 0. The molecule has 0 N–H and O–H groups in total. The van der Waals surface area contributed by atoms with E-state index in [1.807, 2.05) is 31.2 Å². The maximum Gasteiger partial charge on any atom is 0.254 e. The van der Waals surface area contributed by atoms with Crippen LogP contribution in [-0.2, 0) is 6.54 Å². The predicted molar refractivity (Wildman–Crippen MR) is 77.6 cm³/mol. The van der Waals surface area contributed by atoms with Crippen LogP contribution in [0.25, 0.3) is 0 Å². The van der Waals surface area contributed by atoms with Crippen molar-refractivity contribution in [2.24, 2.45) is 0 Å². The highest BCUT2D eigenvalue weighted by atomic mass is 16.5. The Morgan fingerprint density at radius 2 is 2.15 bits per heavy atom. The molecule has 20 heavy (non-hydrogen) atoms. The number of pyridine rings is 1. The fourth-order valence-corrected chi connectivity index (χ4v) is 1.94. The van der Waals surface area contributed by atoms with E-state index in [9.17, 15) is 4.79 Å². The second-order valence-corrected chi connectivity index (χ2v) is 4.48. The van der Waals surface area contributed by atoms with Crippen LogP contribution < -0.4 is 4.74 Å². The lowest BCUT2D eigenvalue weighted by Gasteiger charge is -2.17. The first-order chi connectivity index (χ1) is 9.70. The number of amides is 1. The zero-order valence-corrected chi connectivity index (χ0v) is 11.7. The van der Waals surface area contributed by atoms with Crippen molar-refractivity contribution in [1.82, 2.24) is 9.88 Å². The highest BCUT2D eigenvalue weighted by Gasteiger charge is 2.12. The normalized spacial score (nSPS) is 10.1. The van der Waals surface area contributed by atoms with Crippen LogP contribution in [0.1, 0.15) is 22.8 Å². The number of hydrogen-bond acceptors (Lipinski definition) is 3. The van der Waals surface area contributed by atoms with Crippen LogP contribution in [0.15, 0.2) is 48.8 Å². The van der Waals surface area contributed by atoms with E-state index in [2.05, 4.69) is 4.98 Å². The Morgan fingerprint density at radius 1 is 1.30 bits per heavy atom. The third-order valence-corrected chi connectivity index (χ3v) is 2.88. The Labute approximate surface area is 119 Å². The molecule has 1 heterocycles. The Morgan fingerprint density at radius 3 is 2.85 bits per heavy atom. The van der Waals surface area contributed by atoms with Crippen LogP contribution in [-0.4, -0.2) is 29.4 Å². The fourth-order valence-electron chi connectivity index (χ4n) is 1.94. The summed E-state index contributed by atoms with van der Waals surface area (Å²) in [4.78, 5) is 18.1. The van der Waals surface area contributed by atoms with Crippen LogP contribution in [0.4, 0.5) is 0 Å². The number of aromatic nitrogens is 1. The van der Waals surface area contributed by atoms with Crippen LogP contribution in [0.5, 0.6) is 5.75 Å². The maximum atomic E-state index is 12.4. The van der Waals surface area contributed by atoms with E-state index in [0.717, 1.165) is 5.56 Å². The van der Waals surface area contributed by atoms with Gasteiger partial charge in [-0.15, -0.1) is 0 Å². The summed E-state index contributed by atoms with van der Waals surface area (Å²) in [6, 6.07) is 11.1. The van der Waals surface area contributed by atoms with Gasteiger partial charge in [-0.05, 0) is 36.8 Å². The van der Waals surface area contributed by atoms with Gasteiger partial charge in [-0.1, -0.05) is 12.1 Å². The van der Waals surface area contributed by atoms with Crippen molar-refractivity contribution in [3.05, 3.63) is 59.9 Å². The van der Waals surface area contributed by atoms with Gasteiger partial charge in [0.1, 0.15) is 5.75 Å². The molecule has 4 nitrogen and oxygen atoms in total. The second kappa shape index (κ2) is 6.70. The quantitative estimate of drug-likeness (QED) is 0.839. The van der Waals surface area contributed by atoms with E-state index in [-0.39, 0.29) is 5.91 Å². The van der Waals surface area contributed by atoms with E-state index in [1.54, 1.807) is 36.5 Å². The number of benzene rings is 1. The van der Waals surface area contributed by atoms with Gasteiger partial charge in [-0.3, -0.25) is 9.78 Å². The second-order valence-electron chi connectivity index (χ2n) is 4.48. The lowest BCUT2D eigenvalue weighted by atomic mass is 10.2. The molecule has 2 aromatic rings. The average molecular weight is 270 g/mol. The van der Waals surface area contributed by atoms with E-state index in [4.69, 9.17) is 4.74 Å². The van der Waals surface area contributed by atoms with Crippen LogP contribution in [0.2, 0.25) is 0 Å². The van der Waals surface area contributed by atoms with Gasteiger partial charge in [0, 0.05) is 31.5 Å². The summed E-state index contributed by atoms with van der Waals surface area (Å²) in [6.07, 6.45) is 3.48. The molecule has 0 aliphatic carbocycles. The van der Waals surface area contributed by atoms with Crippen molar-refractivity contribution < 1.29 is 9.53 Å². The Kier molecular flexibility index (Phi) is 4.71. The fraction of sp³-hybridized carbons (Fsp3) is 0.250. The Bertz CT molecular complexity index is 570. The van der Waals surface area contributed by atoms with Crippen LogP contribution in [0, 0.1) is 0 Å². The van der Waals surface area contributed by atoms with Crippen molar-refractivity contribution in [2.75, 3.05) is 13.7 Å². The molecule has 0 aliphatic rings. The molecule has 0 aliphatic heterocycles. The lowest BCUT2D eigenvalue weighted by molar-refractivity contribution is 0.0784. The van der Waals surface area contributed by atoms with Gasteiger partial charge in [0.05, 0.1) is 6.61 Å². The monoisotopic (exact) mass is 270 g/mol. The molecule has 104 valence electrons. The highest BCUT2D eigenvalue weighted by molar-refractivity contribution is 5.94. The average Bonchev–Trinajstić information content (AvgIpc) is 2.48. The highest BCUT2D eigenvalue weighted by Crippen LogP contribution is 2.15. The molecule has 4 heteroatoms. The predicted octanol–water partition coefficient (Wildman–Crippen LogP) is 2.75. The molecular formula is C16H18N2O2. The lowest BCUT2D eigenvalue weighted by Crippen LogP contribution is -2.26. The first-order valence-electron chi connectivity index (χ1n) is 6.58. The van der Waals surface area contributed by atoms with Gasteiger partial charge in [0.25, 0.3) is 5.91 Å². The van der Waals surface area contributed by atoms with E-state index in [0.29, 0.717) is 24.5 Å². The zero-order valence-electron chi connectivity index (χ0n) is 11.7. The molecule has 0 saturated carbocycles. The van der Waals surface area contributed by atoms with Gasteiger partial charge in [-0.25, -0.2) is 0 Å². The molecule has 0 unspecified atom stereocenters. The SMILES string of the molecule is CCOc1cccc(C(=O)N(C)Cc2cccnc2)c1. The van der Waals surface area contributed by atoms with Crippen LogP contribution in [0.3, 0.4) is 0 Å². The van der Waals surface area contributed by atoms with Crippen molar-refractivity contribution in [3.8, 4) is 5.75 Å². The third kappa shape index (κ3) is 3.57. The molecule has 0 radical (unpaired) electrons. The molecule has 1 amide bonds. The smallest absolute Gasteiger partial charge is 0.254 e. The molecule has 0 spiro atoms. The molecule has 2 rings (SSSR count). The zero-order chi connectivity index (χ0) is 14.4. The standard InChI is InChI=1S/C16H18N2O2/c1-3-20-15-8-4-7-14(10-15)16(19)18(2)12-13-6-5-9-17-11-13/h4-11H,3,12H2,1-2H3. The molecule has 0 fully saturated rings. The number of carbonyl (C=O) groups is 1. The van der Waals surface area contributed by atoms with Crippen molar-refractivity contribution >= 4 is 5.91 Å². The number of hydrogen-bond donors (Lipinski definition) is 0. The minimum Gasteiger partial charge on any atom is -0.494 e. The first kappa shape index (κ1) is 14.1. The molecular weight excluding hydrogens is 252 g/mol. The van der Waals surface area contributed by atoms with Gasteiger partial charge < -0.3 is 9.64 Å². The largest absolute Gasteiger partial charge is 0.494 e. The van der Waals surface area contributed by atoms with Gasteiger partial charge in [-0.2, -0.15) is 0 Å². The van der Waals surface area contributed by atoms with Gasteiger partial charge in [0.15, 0.2) is 0 Å². The number of rotatable bonds is 5. The number of carbonyl (C=O) groups excluding carboxylic acids is 1. The summed E-state index contributed by atoms with van der Waals surface area (Å²) in [7, 11) is 1.78.